The zero-order valence-corrected chi connectivity index (χ0v) is 20.8. The molecule has 0 bridgehead atoms. The number of likely N-dealkylation sites (N-methyl/N-ethyl adjacent to an activating group) is 1. The van der Waals surface area contributed by atoms with E-state index in [2.05, 4.69) is 4.98 Å². The largest absolute Gasteiger partial charge is 0.507 e. The Morgan fingerprint density at radius 2 is 1.68 bits per heavy atom. The lowest BCUT2D eigenvalue weighted by Gasteiger charge is -2.26. The Balaban J connectivity index is 1.52. The van der Waals surface area contributed by atoms with Crippen LogP contribution in [0.4, 0.5) is 0 Å². The molecule has 37 heavy (non-hydrogen) atoms. The monoisotopic (exact) mass is 495 g/mol. The summed E-state index contributed by atoms with van der Waals surface area (Å²) in [6.45, 7) is 1.36. The Morgan fingerprint density at radius 3 is 2.41 bits per heavy atom. The van der Waals surface area contributed by atoms with Crippen molar-refractivity contribution in [1.82, 2.24) is 14.8 Å². The molecule has 188 valence electrons. The van der Waals surface area contributed by atoms with Crippen molar-refractivity contribution in [3.8, 4) is 5.75 Å². The lowest BCUT2D eigenvalue weighted by atomic mass is 9.95. The number of aliphatic hydroxyl groups is 1. The Hall–Kier alpha value is -4.36. The van der Waals surface area contributed by atoms with Gasteiger partial charge in [-0.25, -0.2) is 0 Å². The van der Waals surface area contributed by atoms with Crippen LogP contribution in [0.1, 0.15) is 22.7 Å². The summed E-state index contributed by atoms with van der Waals surface area (Å²) in [5.41, 5.74) is 3.21. The second kappa shape index (κ2) is 10.3. The van der Waals surface area contributed by atoms with Crippen LogP contribution in [0.2, 0.25) is 0 Å². The minimum atomic E-state index is -0.711. The van der Waals surface area contributed by atoms with Gasteiger partial charge in [-0.05, 0) is 43.4 Å². The van der Waals surface area contributed by atoms with Gasteiger partial charge in [0.2, 0.25) is 0 Å². The maximum atomic E-state index is 13.3. The standard InChI is InChI=1S/C30H29N3O4/c1-32(2)16-17-33-27(21-12-14-22(15-13-21)37-19-20-8-4-3-5-9-20)26(29(35)30(33)36)28(34)24-18-31-25-11-7-6-10-23(24)25/h3-15,18,27,31,34H,16-17,19H2,1-2H3/b28-26-. The zero-order chi connectivity index (χ0) is 25.9. The number of fused-ring (bicyclic) bond motifs is 1. The van der Waals surface area contributed by atoms with Crippen molar-refractivity contribution in [1.29, 1.82) is 0 Å². The third kappa shape index (κ3) is 4.86. The summed E-state index contributed by atoms with van der Waals surface area (Å²) in [6.07, 6.45) is 1.67. The highest BCUT2D eigenvalue weighted by atomic mass is 16.5. The van der Waals surface area contributed by atoms with Gasteiger partial charge in [0.15, 0.2) is 0 Å². The van der Waals surface area contributed by atoms with Crippen LogP contribution in [-0.2, 0) is 16.2 Å². The van der Waals surface area contributed by atoms with E-state index in [1.54, 1.807) is 11.1 Å². The topological polar surface area (TPSA) is 85.9 Å². The van der Waals surface area contributed by atoms with E-state index in [1.807, 2.05) is 97.9 Å². The molecule has 1 unspecified atom stereocenters. The molecule has 2 N–H and O–H groups in total. The third-order valence-corrected chi connectivity index (χ3v) is 6.62. The third-order valence-electron chi connectivity index (χ3n) is 6.62. The Kier molecular flexibility index (Phi) is 6.79. The molecule has 3 aromatic carbocycles. The van der Waals surface area contributed by atoms with E-state index in [-0.39, 0.29) is 11.3 Å². The van der Waals surface area contributed by atoms with Crippen molar-refractivity contribution in [2.75, 3.05) is 27.2 Å². The Labute approximate surface area is 215 Å². The van der Waals surface area contributed by atoms with E-state index in [4.69, 9.17) is 4.74 Å². The van der Waals surface area contributed by atoms with E-state index in [9.17, 15) is 14.7 Å². The maximum absolute atomic E-state index is 13.3. The van der Waals surface area contributed by atoms with Gasteiger partial charge in [0.25, 0.3) is 11.7 Å². The fraction of sp³-hybridized carbons (Fsp3) is 0.200. The Bertz CT molecular complexity index is 1460. The van der Waals surface area contributed by atoms with Crippen LogP contribution in [0.25, 0.3) is 16.7 Å². The molecular formula is C30H29N3O4. The summed E-state index contributed by atoms with van der Waals surface area (Å²) in [6, 6.07) is 24.1. The number of Topliss-reactive ketones (excluding diaryl/α,β-unsaturated/α-hetero) is 1. The maximum Gasteiger partial charge on any atom is 0.295 e. The number of carbonyl (C=O) groups is 2. The highest BCUT2D eigenvalue weighted by Crippen LogP contribution is 2.40. The van der Waals surface area contributed by atoms with E-state index in [0.29, 0.717) is 31.0 Å². The first-order valence-electron chi connectivity index (χ1n) is 12.2. The number of aromatic amines is 1. The van der Waals surface area contributed by atoms with Gasteiger partial charge in [0, 0.05) is 35.8 Å². The second-order valence-corrected chi connectivity index (χ2v) is 9.39. The summed E-state index contributed by atoms with van der Waals surface area (Å²) < 4.78 is 5.92. The normalized spacial score (nSPS) is 17.2. The van der Waals surface area contributed by atoms with Gasteiger partial charge in [0.05, 0.1) is 11.6 Å². The number of aromatic nitrogens is 1. The number of aliphatic hydroxyl groups excluding tert-OH is 1. The molecule has 1 aliphatic rings. The number of nitrogens with zero attached hydrogens (tertiary/aromatic N) is 2. The molecule has 0 saturated carbocycles. The highest BCUT2D eigenvalue weighted by molar-refractivity contribution is 6.46. The average Bonchev–Trinajstić information content (AvgIpc) is 3.46. The number of hydrogen-bond acceptors (Lipinski definition) is 5. The smallest absolute Gasteiger partial charge is 0.295 e. The number of likely N-dealkylation sites (tertiary alicyclic amines) is 1. The Morgan fingerprint density at radius 1 is 0.973 bits per heavy atom. The van der Waals surface area contributed by atoms with Crippen molar-refractivity contribution in [2.45, 2.75) is 12.6 Å². The van der Waals surface area contributed by atoms with Gasteiger partial charge >= 0.3 is 0 Å². The van der Waals surface area contributed by atoms with Gasteiger partial charge in [0.1, 0.15) is 18.1 Å². The minimum absolute atomic E-state index is 0.0893. The lowest BCUT2D eigenvalue weighted by molar-refractivity contribution is -0.140. The zero-order valence-electron chi connectivity index (χ0n) is 20.8. The molecule has 0 spiro atoms. The van der Waals surface area contributed by atoms with Crippen LogP contribution in [0, 0.1) is 0 Å². The summed E-state index contributed by atoms with van der Waals surface area (Å²) in [4.78, 5) is 33.1. The second-order valence-electron chi connectivity index (χ2n) is 9.39. The number of ketones is 1. The van der Waals surface area contributed by atoms with Crippen LogP contribution in [0.3, 0.4) is 0 Å². The SMILES string of the molecule is CN(C)CCN1C(=O)C(=O)/C(=C(\O)c2c[nH]c3ccccc23)C1c1ccc(OCc2ccccc2)cc1. The summed E-state index contributed by atoms with van der Waals surface area (Å²) in [7, 11) is 3.83. The van der Waals surface area contributed by atoms with E-state index in [0.717, 1.165) is 22.0 Å². The van der Waals surface area contributed by atoms with E-state index >= 15 is 0 Å². The van der Waals surface area contributed by atoms with Gasteiger partial charge < -0.3 is 24.6 Å². The predicted molar refractivity (Wildman–Crippen MR) is 143 cm³/mol. The van der Waals surface area contributed by atoms with Crippen LogP contribution < -0.4 is 4.74 Å². The number of rotatable bonds is 8. The molecular weight excluding hydrogens is 466 g/mol. The number of nitrogens with one attached hydrogen (secondary N) is 1. The average molecular weight is 496 g/mol. The molecule has 1 amide bonds. The molecule has 4 aromatic rings. The molecule has 7 nitrogen and oxygen atoms in total. The molecule has 2 heterocycles. The molecule has 0 aliphatic carbocycles. The number of benzene rings is 3. The number of ether oxygens (including phenoxy) is 1. The first-order valence-corrected chi connectivity index (χ1v) is 12.2. The number of para-hydroxylation sites is 1. The van der Waals surface area contributed by atoms with Crippen molar-refractivity contribution in [3.63, 3.8) is 0 Å². The van der Waals surface area contributed by atoms with Crippen LogP contribution in [-0.4, -0.2) is 58.8 Å². The van der Waals surface area contributed by atoms with E-state index in [1.165, 1.54) is 0 Å². The molecule has 7 heteroatoms. The van der Waals surface area contributed by atoms with Gasteiger partial charge in [-0.3, -0.25) is 9.59 Å². The molecule has 1 atom stereocenters. The first-order chi connectivity index (χ1) is 17.9. The molecule has 1 fully saturated rings. The molecule has 1 saturated heterocycles. The van der Waals surface area contributed by atoms with Gasteiger partial charge in [-0.1, -0.05) is 60.7 Å². The molecule has 1 aromatic heterocycles. The quantitative estimate of drug-likeness (QED) is 0.210. The predicted octanol–water partition coefficient (Wildman–Crippen LogP) is 4.73. The van der Waals surface area contributed by atoms with Crippen LogP contribution >= 0.6 is 0 Å². The summed E-state index contributed by atoms with van der Waals surface area (Å²) in [5, 5.41) is 12.2. The summed E-state index contributed by atoms with van der Waals surface area (Å²) >= 11 is 0. The number of H-pyrrole nitrogens is 1. The number of hydrogen-bond donors (Lipinski definition) is 2. The summed E-state index contributed by atoms with van der Waals surface area (Å²) in [5.74, 6) is -0.805. The van der Waals surface area contributed by atoms with Gasteiger partial charge in [-0.2, -0.15) is 0 Å². The van der Waals surface area contributed by atoms with Crippen LogP contribution in [0.15, 0.2) is 90.6 Å². The molecule has 5 rings (SSSR count). The van der Waals surface area contributed by atoms with E-state index < -0.39 is 17.7 Å². The van der Waals surface area contributed by atoms with Crippen molar-refractivity contribution >= 4 is 28.4 Å². The highest BCUT2D eigenvalue weighted by Gasteiger charge is 2.46. The van der Waals surface area contributed by atoms with Crippen LogP contribution in [0.5, 0.6) is 5.75 Å². The van der Waals surface area contributed by atoms with Gasteiger partial charge in [-0.15, -0.1) is 0 Å². The molecule has 0 radical (unpaired) electrons. The number of carbonyl (C=O) groups excluding carboxylic acids is 2. The molecule has 1 aliphatic heterocycles. The van der Waals surface area contributed by atoms with Crippen molar-refractivity contribution < 1.29 is 19.4 Å². The van der Waals surface area contributed by atoms with Crippen molar-refractivity contribution in [3.05, 3.63) is 107 Å². The van der Waals surface area contributed by atoms with Crippen molar-refractivity contribution in [2.24, 2.45) is 0 Å². The fourth-order valence-corrected chi connectivity index (χ4v) is 4.66. The number of amides is 1. The fourth-order valence-electron chi connectivity index (χ4n) is 4.66. The first kappa shape index (κ1) is 24.3. The minimum Gasteiger partial charge on any atom is -0.507 e. The lowest BCUT2D eigenvalue weighted by Crippen LogP contribution is -2.35.